The van der Waals surface area contributed by atoms with Crippen LogP contribution >= 0.6 is 0 Å². The zero-order chi connectivity index (χ0) is 17.2. The SMILES string of the molecule is O=C(O)CCCCCC[C@H]1COC[C@H]1C=CC(O)C1CCCCC1. The molecule has 1 heterocycles. The summed E-state index contributed by atoms with van der Waals surface area (Å²) in [5, 5.41) is 19.0. The van der Waals surface area contributed by atoms with Crippen LogP contribution in [0.2, 0.25) is 0 Å². The molecular formula is C20H34O4. The van der Waals surface area contributed by atoms with E-state index in [-0.39, 0.29) is 12.5 Å². The number of carboxylic acid groups (broad SMARTS) is 1. The summed E-state index contributed by atoms with van der Waals surface area (Å²) in [6.45, 7) is 1.60. The van der Waals surface area contributed by atoms with Crippen molar-refractivity contribution in [2.24, 2.45) is 17.8 Å². The molecule has 0 amide bonds. The summed E-state index contributed by atoms with van der Waals surface area (Å²) < 4.78 is 5.65. The van der Waals surface area contributed by atoms with Crippen molar-refractivity contribution in [3.8, 4) is 0 Å². The average molecular weight is 338 g/mol. The van der Waals surface area contributed by atoms with Crippen molar-refractivity contribution in [3.05, 3.63) is 12.2 Å². The molecule has 2 rings (SSSR count). The van der Waals surface area contributed by atoms with Crippen molar-refractivity contribution >= 4 is 5.97 Å². The standard InChI is InChI=1S/C20H34O4/c21-19(16-8-5-3-6-9-16)13-12-18-15-24-14-17(18)10-4-1-2-7-11-20(22)23/h12-13,16-19,21H,1-11,14-15H2,(H,22,23)/t17-,18+,19?/m0/s1. The maximum Gasteiger partial charge on any atom is 0.303 e. The number of carbonyl (C=O) groups is 1. The molecule has 138 valence electrons. The van der Waals surface area contributed by atoms with Gasteiger partial charge in [-0.05, 0) is 37.5 Å². The van der Waals surface area contributed by atoms with Crippen LogP contribution < -0.4 is 0 Å². The van der Waals surface area contributed by atoms with Crippen molar-refractivity contribution < 1.29 is 19.7 Å². The van der Waals surface area contributed by atoms with E-state index in [9.17, 15) is 9.90 Å². The van der Waals surface area contributed by atoms with E-state index >= 15 is 0 Å². The third-order valence-corrected chi connectivity index (χ3v) is 5.65. The Labute approximate surface area is 146 Å². The molecule has 1 saturated heterocycles. The smallest absolute Gasteiger partial charge is 0.303 e. The van der Waals surface area contributed by atoms with Gasteiger partial charge in [-0.25, -0.2) is 0 Å². The van der Waals surface area contributed by atoms with Gasteiger partial charge in [0.25, 0.3) is 0 Å². The van der Waals surface area contributed by atoms with Crippen LogP contribution in [0.3, 0.4) is 0 Å². The summed E-state index contributed by atoms with van der Waals surface area (Å²) in [5.41, 5.74) is 0. The number of carboxylic acids is 1. The molecular weight excluding hydrogens is 304 g/mol. The van der Waals surface area contributed by atoms with Crippen LogP contribution in [0.5, 0.6) is 0 Å². The number of aliphatic carboxylic acids is 1. The molecule has 1 aliphatic carbocycles. The highest BCUT2D eigenvalue weighted by molar-refractivity contribution is 5.66. The molecule has 24 heavy (non-hydrogen) atoms. The van der Waals surface area contributed by atoms with Crippen LogP contribution in [-0.2, 0) is 9.53 Å². The average Bonchev–Trinajstić information content (AvgIpc) is 3.03. The van der Waals surface area contributed by atoms with Gasteiger partial charge < -0.3 is 14.9 Å². The molecule has 4 heteroatoms. The van der Waals surface area contributed by atoms with Gasteiger partial charge in [-0.3, -0.25) is 4.79 Å². The summed E-state index contributed by atoms with van der Waals surface area (Å²) in [4.78, 5) is 10.5. The topological polar surface area (TPSA) is 66.8 Å². The van der Waals surface area contributed by atoms with E-state index in [0.29, 0.717) is 17.8 Å². The largest absolute Gasteiger partial charge is 0.481 e. The monoisotopic (exact) mass is 338 g/mol. The highest BCUT2D eigenvalue weighted by Crippen LogP contribution is 2.30. The fourth-order valence-corrected chi connectivity index (χ4v) is 4.05. The molecule has 0 aromatic carbocycles. The molecule has 1 unspecified atom stereocenters. The lowest BCUT2D eigenvalue weighted by Gasteiger charge is -2.25. The minimum absolute atomic E-state index is 0.289. The van der Waals surface area contributed by atoms with Crippen molar-refractivity contribution in [2.45, 2.75) is 76.7 Å². The first kappa shape index (κ1) is 19.5. The second-order valence-corrected chi connectivity index (χ2v) is 7.58. The molecule has 4 nitrogen and oxygen atoms in total. The Morgan fingerprint density at radius 3 is 2.58 bits per heavy atom. The Kier molecular flexibility index (Phi) is 8.82. The maximum absolute atomic E-state index is 10.5. The predicted molar refractivity (Wildman–Crippen MR) is 94.9 cm³/mol. The van der Waals surface area contributed by atoms with E-state index in [4.69, 9.17) is 9.84 Å². The van der Waals surface area contributed by atoms with E-state index < -0.39 is 5.97 Å². The fraction of sp³-hybridized carbons (Fsp3) is 0.850. The Morgan fingerprint density at radius 1 is 1.08 bits per heavy atom. The molecule has 0 bridgehead atoms. The Bertz CT molecular complexity index is 387. The van der Waals surface area contributed by atoms with Gasteiger partial charge in [-0.15, -0.1) is 0 Å². The lowest BCUT2D eigenvalue weighted by atomic mass is 9.84. The second-order valence-electron chi connectivity index (χ2n) is 7.58. The molecule has 1 saturated carbocycles. The van der Waals surface area contributed by atoms with Crippen molar-refractivity contribution in [3.63, 3.8) is 0 Å². The van der Waals surface area contributed by atoms with Gasteiger partial charge in [-0.1, -0.05) is 50.7 Å². The first-order chi connectivity index (χ1) is 11.7. The molecule has 3 atom stereocenters. The first-order valence-electron chi connectivity index (χ1n) is 9.82. The molecule has 2 fully saturated rings. The second kappa shape index (κ2) is 10.9. The van der Waals surface area contributed by atoms with Crippen LogP contribution in [-0.4, -0.2) is 35.5 Å². The minimum Gasteiger partial charge on any atom is -0.481 e. The van der Waals surface area contributed by atoms with Crippen molar-refractivity contribution in [2.75, 3.05) is 13.2 Å². The van der Waals surface area contributed by atoms with Crippen molar-refractivity contribution in [1.29, 1.82) is 0 Å². The molecule has 2 aliphatic rings. The number of hydrogen-bond donors (Lipinski definition) is 2. The summed E-state index contributed by atoms with van der Waals surface area (Å²) >= 11 is 0. The van der Waals surface area contributed by atoms with E-state index in [1.165, 1.54) is 19.3 Å². The number of aliphatic hydroxyl groups is 1. The number of ether oxygens (including phenoxy) is 1. The van der Waals surface area contributed by atoms with Gasteiger partial charge in [0.15, 0.2) is 0 Å². The highest BCUT2D eigenvalue weighted by Gasteiger charge is 2.26. The van der Waals surface area contributed by atoms with Crippen LogP contribution in [0.4, 0.5) is 0 Å². The maximum atomic E-state index is 10.5. The number of rotatable bonds is 10. The third kappa shape index (κ3) is 6.94. The quantitative estimate of drug-likeness (QED) is 0.463. The summed E-state index contributed by atoms with van der Waals surface area (Å²) in [6, 6.07) is 0. The van der Waals surface area contributed by atoms with Crippen LogP contribution in [0.25, 0.3) is 0 Å². The van der Waals surface area contributed by atoms with Crippen molar-refractivity contribution in [1.82, 2.24) is 0 Å². The third-order valence-electron chi connectivity index (χ3n) is 5.65. The van der Waals surface area contributed by atoms with Crippen LogP contribution in [0.15, 0.2) is 12.2 Å². The Morgan fingerprint density at radius 2 is 1.83 bits per heavy atom. The van der Waals surface area contributed by atoms with Gasteiger partial charge >= 0.3 is 5.97 Å². The molecule has 0 spiro atoms. The minimum atomic E-state index is -0.694. The summed E-state index contributed by atoms with van der Waals surface area (Å²) in [6.07, 6.45) is 15.5. The van der Waals surface area contributed by atoms with Gasteiger partial charge in [0.2, 0.25) is 0 Å². The van der Waals surface area contributed by atoms with Gasteiger partial charge in [0, 0.05) is 12.3 Å². The Balaban J connectivity index is 1.64. The Hall–Kier alpha value is -0.870. The zero-order valence-electron chi connectivity index (χ0n) is 14.9. The molecule has 0 aromatic rings. The molecule has 1 aliphatic heterocycles. The summed E-state index contributed by atoms with van der Waals surface area (Å²) in [7, 11) is 0. The van der Waals surface area contributed by atoms with E-state index in [1.54, 1.807) is 0 Å². The number of aliphatic hydroxyl groups excluding tert-OH is 1. The fourth-order valence-electron chi connectivity index (χ4n) is 4.05. The number of hydrogen-bond acceptors (Lipinski definition) is 3. The summed E-state index contributed by atoms with van der Waals surface area (Å²) in [5.74, 6) is 0.743. The van der Waals surface area contributed by atoms with E-state index in [1.807, 2.05) is 6.08 Å². The van der Waals surface area contributed by atoms with Gasteiger partial charge in [0.1, 0.15) is 0 Å². The van der Waals surface area contributed by atoms with E-state index in [2.05, 4.69) is 6.08 Å². The van der Waals surface area contributed by atoms with Gasteiger partial charge in [0.05, 0.1) is 19.3 Å². The number of unbranched alkanes of at least 4 members (excludes halogenated alkanes) is 3. The van der Waals surface area contributed by atoms with Crippen LogP contribution in [0, 0.1) is 17.8 Å². The lowest BCUT2D eigenvalue weighted by Crippen LogP contribution is -2.21. The zero-order valence-corrected chi connectivity index (χ0v) is 14.9. The first-order valence-corrected chi connectivity index (χ1v) is 9.82. The lowest BCUT2D eigenvalue weighted by molar-refractivity contribution is -0.137. The van der Waals surface area contributed by atoms with E-state index in [0.717, 1.165) is 58.2 Å². The highest BCUT2D eigenvalue weighted by atomic mass is 16.5. The van der Waals surface area contributed by atoms with Gasteiger partial charge in [-0.2, -0.15) is 0 Å². The molecule has 0 aromatic heterocycles. The van der Waals surface area contributed by atoms with Crippen LogP contribution in [0.1, 0.15) is 70.6 Å². The molecule has 0 radical (unpaired) electrons. The predicted octanol–water partition coefficient (Wildman–Crippen LogP) is 4.17. The normalized spacial score (nSPS) is 26.9. The molecule has 2 N–H and O–H groups in total.